The molecular weight excluding hydrogens is 236 g/mol. The van der Waals surface area contributed by atoms with Crippen molar-refractivity contribution in [2.75, 3.05) is 31.6 Å². The van der Waals surface area contributed by atoms with Gasteiger partial charge in [-0.1, -0.05) is 13.3 Å². The first-order chi connectivity index (χ1) is 8.73. The number of nitrogens with zero attached hydrogens (tertiary/aromatic N) is 3. The molecule has 0 amide bonds. The van der Waals surface area contributed by atoms with Gasteiger partial charge in [-0.3, -0.25) is 5.43 Å². The Kier molecular flexibility index (Phi) is 6.09. The van der Waals surface area contributed by atoms with Gasteiger partial charge in [0, 0.05) is 7.11 Å². The molecule has 8 nitrogen and oxygen atoms in total. The van der Waals surface area contributed by atoms with Crippen LogP contribution in [0.25, 0.3) is 0 Å². The topological polar surface area (TPSA) is 107 Å². The van der Waals surface area contributed by atoms with Crippen LogP contribution in [0.2, 0.25) is 0 Å². The van der Waals surface area contributed by atoms with Gasteiger partial charge >= 0.3 is 6.01 Å². The Morgan fingerprint density at radius 2 is 1.94 bits per heavy atom. The van der Waals surface area contributed by atoms with Gasteiger partial charge in [-0.25, -0.2) is 5.84 Å². The van der Waals surface area contributed by atoms with E-state index in [-0.39, 0.29) is 18.0 Å². The lowest BCUT2D eigenvalue weighted by Crippen LogP contribution is -2.26. The molecule has 0 aliphatic rings. The number of nitrogens with two attached hydrogens (primary N) is 1. The number of methoxy groups -OCH3 is 2. The predicted molar refractivity (Wildman–Crippen MR) is 68.4 cm³/mol. The summed E-state index contributed by atoms with van der Waals surface area (Å²) in [4.78, 5) is 12.1. The van der Waals surface area contributed by atoms with Gasteiger partial charge in [0.05, 0.1) is 19.8 Å². The van der Waals surface area contributed by atoms with Crippen LogP contribution in [0.3, 0.4) is 0 Å². The van der Waals surface area contributed by atoms with Gasteiger partial charge in [0.1, 0.15) is 0 Å². The number of rotatable bonds is 8. The molecule has 0 radical (unpaired) electrons. The molecule has 1 unspecified atom stereocenters. The summed E-state index contributed by atoms with van der Waals surface area (Å²) >= 11 is 0. The van der Waals surface area contributed by atoms with Crippen LogP contribution in [0.1, 0.15) is 19.8 Å². The van der Waals surface area contributed by atoms with E-state index in [2.05, 4.69) is 32.6 Å². The number of hydrogen-bond acceptors (Lipinski definition) is 8. The average Bonchev–Trinajstić information content (AvgIpc) is 2.38. The second kappa shape index (κ2) is 7.62. The third-order valence-electron chi connectivity index (χ3n) is 2.26. The second-order valence-electron chi connectivity index (χ2n) is 3.70. The third kappa shape index (κ3) is 4.30. The lowest BCUT2D eigenvalue weighted by molar-refractivity contribution is 0.182. The normalized spacial score (nSPS) is 12.0. The van der Waals surface area contributed by atoms with Crippen LogP contribution >= 0.6 is 0 Å². The van der Waals surface area contributed by atoms with E-state index in [1.165, 1.54) is 7.11 Å². The molecule has 18 heavy (non-hydrogen) atoms. The van der Waals surface area contributed by atoms with E-state index in [9.17, 15) is 0 Å². The molecule has 0 aromatic carbocycles. The molecule has 1 aromatic heterocycles. The molecule has 4 N–H and O–H groups in total. The van der Waals surface area contributed by atoms with Crippen molar-refractivity contribution in [2.45, 2.75) is 25.8 Å². The summed E-state index contributed by atoms with van der Waals surface area (Å²) in [5.41, 5.74) is 2.37. The van der Waals surface area contributed by atoms with Crippen molar-refractivity contribution in [1.29, 1.82) is 0 Å². The van der Waals surface area contributed by atoms with Crippen LogP contribution in [0.4, 0.5) is 11.9 Å². The molecule has 1 rings (SSSR count). The zero-order valence-corrected chi connectivity index (χ0v) is 10.9. The summed E-state index contributed by atoms with van der Waals surface area (Å²) in [6.07, 6.45) is 1.98. The van der Waals surface area contributed by atoms with Crippen LogP contribution in [0, 0.1) is 0 Å². The van der Waals surface area contributed by atoms with Crippen molar-refractivity contribution in [3.8, 4) is 6.01 Å². The highest BCUT2D eigenvalue weighted by Crippen LogP contribution is 2.12. The Morgan fingerprint density at radius 3 is 2.50 bits per heavy atom. The van der Waals surface area contributed by atoms with E-state index in [1.54, 1.807) is 7.11 Å². The van der Waals surface area contributed by atoms with Gasteiger partial charge in [-0.05, 0) is 6.42 Å². The second-order valence-corrected chi connectivity index (χ2v) is 3.70. The summed E-state index contributed by atoms with van der Waals surface area (Å²) < 4.78 is 10.1. The number of anilines is 2. The van der Waals surface area contributed by atoms with Crippen LogP contribution in [-0.2, 0) is 4.74 Å². The van der Waals surface area contributed by atoms with Crippen LogP contribution < -0.4 is 21.3 Å². The molecule has 0 saturated carbocycles. The summed E-state index contributed by atoms with van der Waals surface area (Å²) in [7, 11) is 3.14. The molecule has 0 aliphatic heterocycles. The highest BCUT2D eigenvalue weighted by Gasteiger charge is 2.11. The van der Waals surface area contributed by atoms with Gasteiger partial charge in [-0.15, -0.1) is 0 Å². The van der Waals surface area contributed by atoms with Crippen LogP contribution in [-0.4, -0.2) is 41.8 Å². The Balaban J connectivity index is 2.80. The van der Waals surface area contributed by atoms with E-state index in [0.717, 1.165) is 12.8 Å². The SMILES string of the molecule is CCCC(COC)Nc1nc(NN)nc(OC)n1. The monoisotopic (exact) mass is 256 g/mol. The summed E-state index contributed by atoms with van der Waals surface area (Å²) in [5, 5.41) is 3.17. The minimum atomic E-state index is 0.137. The van der Waals surface area contributed by atoms with E-state index in [4.69, 9.17) is 15.3 Å². The summed E-state index contributed by atoms with van der Waals surface area (Å²) in [6.45, 7) is 2.68. The first-order valence-electron chi connectivity index (χ1n) is 5.75. The number of aromatic nitrogens is 3. The van der Waals surface area contributed by atoms with Crippen molar-refractivity contribution in [3.63, 3.8) is 0 Å². The van der Waals surface area contributed by atoms with Crippen LogP contribution in [0.5, 0.6) is 6.01 Å². The molecule has 1 aromatic rings. The highest BCUT2D eigenvalue weighted by atomic mass is 16.5. The van der Waals surface area contributed by atoms with Gasteiger partial charge in [0.15, 0.2) is 0 Å². The predicted octanol–water partition coefficient (Wildman–Crippen LogP) is 0.393. The molecule has 0 saturated heterocycles. The van der Waals surface area contributed by atoms with Crippen LogP contribution in [0.15, 0.2) is 0 Å². The fourth-order valence-electron chi connectivity index (χ4n) is 1.51. The fourth-order valence-corrected chi connectivity index (χ4v) is 1.51. The highest BCUT2D eigenvalue weighted by molar-refractivity contribution is 5.35. The Labute approximate surface area is 106 Å². The first-order valence-corrected chi connectivity index (χ1v) is 5.75. The van der Waals surface area contributed by atoms with Crippen molar-refractivity contribution in [2.24, 2.45) is 5.84 Å². The largest absolute Gasteiger partial charge is 0.467 e. The molecule has 102 valence electrons. The van der Waals surface area contributed by atoms with E-state index < -0.39 is 0 Å². The summed E-state index contributed by atoms with van der Waals surface area (Å²) in [6, 6.07) is 0.339. The zero-order valence-electron chi connectivity index (χ0n) is 10.9. The van der Waals surface area contributed by atoms with Gasteiger partial charge < -0.3 is 14.8 Å². The maximum Gasteiger partial charge on any atom is 0.322 e. The van der Waals surface area contributed by atoms with Crippen molar-refractivity contribution in [1.82, 2.24) is 15.0 Å². The number of hydrogen-bond donors (Lipinski definition) is 3. The Hall–Kier alpha value is -1.67. The number of ether oxygens (including phenoxy) is 2. The number of nitrogens with one attached hydrogen (secondary N) is 2. The number of hydrazine groups is 1. The van der Waals surface area contributed by atoms with Gasteiger partial charge in [-0.2, -0.15) is 15.0 Å². The molecule has 0 spiro atoms. The van der Waals surface area contributed by atoms with Gasteiger partial charge in [0.2, 0.25) is 11.9 Å². The lowest BCUT2D eigenvalue weighted by Gasteiger charge is -2.17. The Morgan fingerprint density at radius 1 is 1.22 bits per heavy atom. The molecule has 8 heteroatoms. The van der Waals surface area contributed by atoms with Gasteiger partial charge in [0.25, 0.3) is 0 Å². The minimum Gasteiger partial charge on any atom is -0.467 e. The van der Waals surface area contributed by atoms with Crippen molar-refractivity contribution >= 4 is 11.9 Å². The smallest absolute Gasteiger partial charge is 0.322 e. The summed E-state index contributed by atoms with van der Waals surface area (Å²) in [5.74, 6) is 5.93. The molecule has 0 fully saturated rings. The molecule has 1 atom stereocenters. The molecule has 0 bridgehead atoms. The standard InChI is InChI=1S/C10H20N6O2/c1-4-5-7(6-17-2)12-8-13-9(16-11)15-10(14-8)18-3/h7H,4-6,11H2,1-3H3,(H2,12,13,14,15,16). The molecular formula is C10H20N6O2. The quantitative estimate of drug-likeness (QED) is 0.453. The molecule has 0 aliphatic carbocycles. The maximum atomic E-state index is 5.28. The zero-order chi connectivity index (χ0) is 13.4. The van der Waals surface area contributed by atoms with E-state index in [1.807, 2.05) is 0 Å². The van der Waals surface area contributed by atoms with Crippen molar-refractivity contribution < 1.29 is 9.47 Å². The lowest BCUT2D eigenvalue weighted by atomic mass is 10.2. The Bertz CT molecular complexity index is 334. The third-order valence-corrected chi connectivity index (χ3v) is 2.26. The fraction of sp³-hybridized carbons (Fsp3) is 0.700. The van der Waals surface area contributed by atoms with E-state index >= 15 is 0 Å². The molecule has 1 heterocycles. The maximum absolute atomic E-state index is 5.28. The first kappa shape index (κ1) is 14.4. The average molecular weight is 256 g/mol. The minimum absolute atomic E-state index is 0.137. The van der Waals surface area contributed by atoms with E-state index in [0.29, 0.717) is 12.6 Å². The van der Waals surface area contributed by atoms with Crippen molar-refractivity contribution in [3.05, 3.63) is 0 Å². The number of nitrogen functional groups attached to an aromatic ring is 1.